The smallest absolute Gasteiger partial charge is 0.407 e. The van der Waals surface area contributed by atoms with E-state index in [9.17, 15) is 22.8 Å². The van der Waals surface area contributed by atoms with Crippen molar-refractivity contribution in [3.8, 4) is 11.1 Å². The highest BCUT2D eigenvalue weighted by molar-refractivity contribution is 7.89. The highest BCUT2D eigenvalue weighted by atomic mass is 32.2. The van der Waals surface area contributed by atoms with Crippen LogP contribution in [0.4, 0.5) is 4.79 Å². The zero-order valence-corrected chi connectivity index (χ0v) is 17.5. The van der Waals surface area contributed by atoms with Gasteiger partial charge in [0.2, 0.25) is 17.4 Å². The molecule has 0 unspecified atom stereocenters. The number of hydrogen-bond donors (Lipinski definition) is 3. The van der Waals surface area contributed by atoms with Gasteiger partial charge in [0.1, 0.15) is 19.3 Å². The first-order valence-corrected chi connectivity index (χ1v) is 11.3. The summed E-state index contributed by atoms with van der Waals surface area (Å²) in [5.74, 6) is -1.97. The van der Waals surface area contributed by atoms with E-state index in [4.69, 9.17) is 6.17 Å². The fraction of sp³-hybridized carbons (Fsp3) is 0.286. The molecule has 0 bridgehead atoms. The Morgan fingerprint density at radius 3 is 2.23 bits per heavy atom. The van der Waals surface area contributed by atoms with Crippen molar-refractivity contribution in [2.45, 2.75) is 18.4 Å². The van der Waals surface area contributed by atoms with Crippen molar-refractivity contribution in [1.29, 1.82) is 1.43 Å². The normalized spacial score (nSPS) is 14.0. The van der Waals surface area contributed by atoms with Crippen molar-refractivity contribution in [3.63, 3.8) is 0 Å². The zero-order valence-electron chi connectivity index (χ0n) is 17.7. The Morgan fingerprint density at radius 2 is 1.68 bits per heavy atom. The highest BCUT2D eigenvalue weighted by Crippen LogP contribution is 2.44. The van der Waals surface area contributed by atoms with Crippen LogP contribution >= 0.6 is 0 Å². The van der Waals surface area contributed by atoms with E-state index in [1.54, 1.807) is 4.72 Å². The van der Waals surface area contributed by atoms with Crippen LogP contribution in [-0.4, -0.2) is 58.3 Å². The number of amides is 2. The molecule has 1 atom stereocenters. The van der Waals surface area contributed by atoms with Gasteiger partial charge >= 0.3 is 6.09 Å². The molecule has 3 N–H and O–H groups in total. The summed E-state index contributed by atoms with van der Waals surface area (Å²) in [5.41, 5.74) is 4.11. The maximum atomic E-state index is 12.4. The summed E-state index contributed by atoms with van der Waals surface area (Å²) < 4.78 is 36.2. The summed E-state index contributed by atoms with van der Waals surface area (Å²) in [7, 11) is -3.84. The molecule has 0 heterocycles. The topological polar surface area (TPSA) is 139 Å². The summed E-state index contributed by atoms with van der Waals surface area (Å²) in [6.07, 6.45) is -0.824. The predicted molar refractivity (Wildman–Crippen MR) is 112 cm³/mol. The number of hydrogen-bond acceptors (Lipinski definition) is 7. The quantitative estimate of drug-likeness (QED) is 0.518. The molecule has 0 saturated carbocycles. The summed E-state index contributed by atoms with van der Waals surface area (Å²) in [4.78, 5) is 36.4. The fourth-order valence-corrected chi connectivity index (χ4v) is 4.06. The number of nitrogens with one attached hydrogen (secondary N) is 2. The fourth-order valence-electron chi connectivity index (χ4n) is 3.56. The third-order valence-corrected chi connectivity index (χ3v) is 5.45. The van der Waals surface area contributed by atoms with Crippen molar-refractivity contribution in [1.82, 2.24) is 10.0 Å². The minimum Gasteiger partial charge on any atom is -0.449 e. The molecule has 0 aliphatic heterocycles. The number of fused-ring (bicyclic) bond motifs is 3. The number of Topliss-reactive ketones (excluding diaryl/α,β-unsaturated/α-hetero) is 1. The van der Waals surface area contributed by atoms with Crippen LogP contribution in [0.1, 0.15) is 23.5 Å². The molecule has 1 aliphatic rings. The van der Waals surface area contributed by atoms with Gasteiger partial charge in [0.25, 0.3) is 0 Å². The lowest BCUT2D eigenvalue weighted by molar-refractivity contribution is -0.127. The molecule has 10 heteroatoms. The Hall–Kier alpha value is -3.24. The van der Waals surface area contributed by atoms with Crippen molar-refractivity contribution in [2.24, 2.45) is 0 Å². The van der Waals surface area contributed by atoms with Crippen LogP contribution in [0.2, 0.25) is 0 Å². The lowest BCUT2D eigenvalue weighted by Crippen LogP contribution is -2.46. The standard InChI is InChI=1S/C21H22N2O7S/c1-31(28,29)23-20(26)10-18(19(25)11-24)22-21(27)30-12-17-15-8-4-2-6-13(15)14-7-3-5-9-16(14)17/h2-9,17-18,24H,10-12H2,1H3,(H,22,27)(H,23,26)/t18-/m0/s1/i24T. The van der Waals surface area contributed by atoms with Crippen molar-refractivity contribution in [2.75, 3.05) is 19.5 Å². The van der Waals surface area contributed by atoms with Gasteiger partial charge in [0.05, 0.1) is 12.7 Å². The summed E-state index contributed by atoms with van der Waals surface area (Å²) in [6.45, 7) is -0.703. The average molecular weight is 448 g/mol. The van der Waals surface area contributed by atoms with Crippen LogP contribution in [0.3, 0.4) is 0 Å². The van der Waals surface area contributed by atoms with Crippen LogP contribution in [0.25, 0.3) is 11.1 Å². The molecule has 0 fully saturated rings. The Kier molecular flexibility index (Phi) is 6.28. The Balaban J connectivity index is 1.67. The summed E-state index contributed by atoms with van der Waals surface area (Å²) >= 11 is 0. The SMILES string of the molecule is [3H]OCC(=O)[C@H](CC(=O)NS(C)(=O)=O)NC(=O)OCC1c2ccccc2-c2ccccc21. The summed E-state index contributed by atoms with van der Waals surface area (Å²) in [5, 5.41) is 6.29. The van der Waals surface area contributed by atoms with E-state index in [1.165, 1.54) is 0 Å². The third kappa shape index (κ3) is 5.47. The largest absolute Gasteiger partial charge is 0.449 e. The lowest BCUT2D eigenvalue weighted by atomic mass is 9.98. The molecule has 31 heavy (non-hydrogen) atoms. The van der Waals surface area contributed by atoms with Gasteiger partial charge in [0.15, 0.2) is 5.78 Å². The number of aliphatic hydroxyl groups is 1. The number of ketones is 1. The van der Waals surface area contributed by atoms with Crippen LogP contribution in [0.15, 0.2) is 48.5 Å². The highest BCUT2D eigenvalue weighted by Gasteiger charge is 2.30. The molecule has 0 saturated heterocycles. The molecule has 2 amide bonds. The van der Waals surface area contributed by atoms with Crippen molar-refractivity contribution in [3.05, 3.63) is 59.7 Å². The molecular formula is C21H22N2O7S. The second-order valence-electron chi connectivity index (χ2n) is 7.13. The van der Waals surface area contributed by atoms with E-state index in [0.29, 0.717) is 0 Å². The van der Waals surface area contributed by atoms with E-state index in [1.807, 2.05) is 48.5 Å². The Labute approximate surface area is 181 Å². The maximum Gasteiger partial charge on any atom is 0.407 e. The second kappa shape index (κ2) is 9.27. The van der Waals surface area contributed by atoms with E-state index in [2.05, 4.69) is 10.4 Å². The second-order valence-corrected chi connectivity index (χ2v) is 8.88. The number of benzene rings is 2. The van der Waals surface area contributed by atoms with Crippen LogP contribution in [0.5, 0.6) is 0 Å². The monoisotopic (exact) mass is 448 g/mol. The first-order chi connectivity index (χ1) is 15.2. The van der Waals surface area contributed by atoms with E-state index < -0.39 is 46.9 Å². The number of rotatable bonds is 9. The first kappa shape index (κ1) is 21.0. The zero-order chi connectivity index (χ0) is 23.3. The molecule has 0 aromatic heterocycles. The average Bonchev–Trinajstić information content (AvgIpc) is 3.04. The van der Waals surface area contributed by atoms with Gasteiger partial charge in [-0.05, 0) is 22.3 Å². The molecule has 1 aliphatic carbocycles. The number of alkyl carbamates (subject to hydrolysis) is 1. The van der Waals surface area contributed by atoms with Crippen LogP contribution in [0, 0.1) is 0 Å². The van der Waals surface area contributed by atoms with Crippen LogP contribution in [-0.2, 0) is 24.3 Å². The van der Waals surface area contributed by atoms with Gasteiger partial charge in [-0.1, -0.05) is 48.5 Å². The number of ether oxygens (including phenoxy) is 1. The van der Waals surface area contributed by atoms with Gasteiger partial charge in [0, 0.05) is 5.92 Å². The first-order valence-electron chi connectivity index (χ1n) is 9.83. The van der Waals surface area contributed by atoms with Crippen LogP contribution < -0.4 is 10.0 Å². The van der Waals surface area contributed by atoms with Gasteiger partial charge < -0.3 is 15.2 Å². The molecular weight excluding hydrogens is 424 g/mol. The molecule has 0 spiro atoms. The Morgan fingerprint density at radius 1 is 1.10 bits per heavy atom. The Bertz CT molecular complexity index is 1090. The molecule has 2 aromatic rings. The minimum atomic E-state index is -3.84. The number of sulfonamides is 1. The van der Waals surface area contributed by atoms with E-state index in [-0.39, 0.29) is 12.5 Å². The van der Waals surface area contributed by atoms with Gasteiger partial charge in [-0.2, -0.15) is 0 Å². The maximum absolute atomic E-state index is 12.4. The van der Waals surface area contributed by atoms with Crippen molar-refractivity contribution < 1.29 is 32.6 Å². The molecule has 9 nitrogen and oxygen atoms in total. The number of carbonyl (C=O) groups is 3. The lowest BCUT2D eigenvalue weighted by Gasteiger charge is -2.18. The van der Waals surface area contributed by atoms with Gasteiger partial charge in [-0.3, -0.25) is 14.3 Å². The third-order valence-electron chi connectivity index (χ3n) is 4.86. The van der Waals surface area contributed by atoms with Gasteiger partial charge in [-0.25, -0.2) is 13.2 Å². The molecule has 3 rings (SSSR count). The van der Waals surface area contributed by atoms with E-state index in [0.717, 1.165) is 28.5 Å². The van der Waals surface area contributed by atoms with Gasteiger partial charge in [-0.15, -0.1) is 0 Å². The van der Waals surface area contributed by atoms with Crippen molar-refractivity contribution >= 4 is 27.8 Å². The molecule has 164 valence electrons. The minimum absolute atomic E-state index is 0.00868. The molecule has 2 aromatic carbocycles. The van der Waals surface area contributed by atoms with E-state index >= 15 is 0 Å². The number of aliphatic hydroxyl groups excluding tert-OH is 1. The predicted octanol–water partition coefficient (Wildman–Crippen LogP) is 0.921. The molecule has 0 radical (unpaired) electrons. The number of carbonyl (C=O) groups excluding carboxylic acids is 3. The summed E-state index contributed by atoms with van der Waals surface area (Å²) in [6, 6.07) is 14.1.